The molecule has 5 heteroatoms. The summed E-state index contributed by atoms with van der Waals surface area (Å²) in [6, 6.07) is -0.358. The van der Waals surface area contributed by atoms with E-state index in [1.165, 1.54) is 0 Å². The van der Waals surface area contributed by atoms with E-state index in [0.717, 1.165) is 12.8 Å². The first-order valence-corrected chi connectivity index (χ1v) is 6.17. The summed E-state index contributed by atoms with van der Waals surface area (Å²) in [6.07, 6.45) is 1.99. The molecular formula is C12H24N2O3. The van der Waals surface area contributed by atoms with E-state index < -0.39 is 5.97 Å². The van der Waals surface area contributed by atoms with Crippen LogP contribution in [0, 0.1) is 0 Å². The summed E-state index contributed by atoms with van der Waals surface area (Å²) >= 11 is 0. The van der Waals surface area contributed by atoms with Crippen LogP contribution in [0.2, 0.25) is 0 Å². The Balaban J connectivity index is 4.42. The first-order chi connectivity index (χ1) is 7.93. The van der Waals surface area contributed by atoms with Crippen LogP contribution in [0.25, 0.3) is 0 Å². The second-order valence-corrected chi connectivity index (χ2v) is 4.29. The maximum atomic E-state index is 12.1. The fourth-order valence-electron chi connectivity index (χ4n) is 1.71. The Bertz CT molecular complexity index is 256. The molecule has 0 saturated carbocycles. The molecule has 1 unspecified atom stereocenters. The molecule has 0 spiro atoms. The van der Waals surface area contributed by atoms with E-state index in [1.54, 1.807) is 23.8 Å². The molecule has 0 bridgehead atoms. The second-order valence-electron chi connectivity index (χ2n) is 4.29. The van der Waals surface area contributed by atoms with Crippen molar-refractivity contribution in [1.82, 2.24) is 9.80 Å². The van der Waals surface area contributed by atoms with Gasteiger partial charge in [-0.2, -0.15) is 0 Å². The van der Waals surface area contributed by atoms with Crippen LogP contribution < -0.4 is 0 Å². The van der Waals surface area contributed by atoms with Gasteiger partial charge in [0, 0.05) is 26.2 Å². The highest BCUT2D eigenvalue weighted by Crippen LogP contribution is 2.08. The lowest BCUT2D eigenvalue weighted by molar-refractivity contribution is -0.138. The monoisotopic (exact) mass is 244 g/mol. The molecule has 5 nitrogen and oxygen atoms in total. The minimum absolute atomic E-state index is 0.0127. The van der Waals surface area contributed by atoms with Gasteiger partial charge in [0.15, 0.2) is 0 Å². The van der Waals surface area contributed by atoms with E-state index in [0.29, 0.717) is 13.1 Å². The van der Waals surface area contributed by atoms with Crippen LogP contribution in [0.4, 0.5) is 4.79 Å². The van der Waals surface area contributed by atoms with Crippen molar-refractivity contribution in [2.75, 3.05) is 20.1 Å². The molecule has 0 fully saturated rings. The van der Waals surface area contributed by atoms with E-state index >= 15 is 0 Å². The number of carbonyl (C=O) groups is 2. The number of carbonyl (C=O) groups excluding carboxylic acids is 1. The summed E-state index contributed by atoms with van der Waals surface area (Å²) in [7, 11) is 1.76. The molecule has 100 valence electrons. The molecular weight excluding hydrogens is 220 g/mol. The zero-order valence-electron chi connectivity index (χ0n) is 11.3. The minimum atomic E-state index is -0.875. The topological polar surface area (TPSA) is 60.9 Å². The summed E-state index contributed by atoms with van der Waals surface area (Å²) in [5.74, 6) is -0.875. The number of amides is 2. The van der Waals surface area contributed by atoms with Gasteiger partial charge >= 0.3 is 12.0 Å². The predicted octanol–water partition coefficient (Wildman–Crippen LogP) is 2.02. The first kappa shape index (κ1) is 15.7. The van der Waals surface area contributed by atoms with Crippen molar-refractivity contribution in [3.05, 3.63) is 0 Å². The molecule has 1 N–H and O–H groups in total. The molecule has 0 rings (SSSR count). The van der Waals surface area contributed by atoms with Gasteiger partial charge in [-0.3, -0.25) is 4.79 Å². The van der Waals surface area contributed by atoms with Gasteiger partial charge < -0.3 is 14.9 Å². The largest absolute Gasteiger partial charge is 0.481 e. The van der Waals surface area contributed by atoms with E-state index in [4.69, 9.17) is 5.11 Å². The number of hydrogen-bond donors (Lipinski definition) is 1. The Morgan fingerprint density at radius 1 is 1.29 bits per heavy atom. The Hall–Kier alpha value is -1.26. The number of aliphatic carboxylic acids is 1. The Labute approximate surface area is 103 Å². The standard InChI is InChI=1S/C12H24N2O3/c1-5-7-8-13(4)12(17)14(6-2)10(3)9-11(15)16/h10H,5-9H2,1-4H3,(H,15,16). The van der Waals surface area contributed by atoms with Gasteiger partial charge in [0.2, 0.25) is 0 Å². The summed E-state index contributed by atoms with van der Waals surface area (Å²) < 4.78 is 0. The highest BCUT2D eigenvalue weighted by molar-refractivity contribution is 5.75. The molecule has 0 aromatic heterocycles. The Kier molecular flexibility index (Phi) is 7.34. The van der Waals surface area contributed by atoms with Crippen LogP contribution in [-0.4, -0.2) is 53.1 Å². The molecule has 0 aliphatic heterocycles. The van der Waals surface area contributed by atoms with Crippen molar-refractivity contribution in [3.8, 4) is 0 Å². The molecule has 0 heterocycles. The lowest BCUT2D eigenvalue weighted by Gasteiger charge is -2.31. The minimum Gasteiger partial charge on any atom is -0.481 e. The van der Waals surface area contributed by atoms with Crippen LogP contribution in [0.1, 0.15) is 40.0 Å². The molecule has 2 amide bonds. The molecule has 0 radical (unpaired) electrons. The molecule has 0 aromatic rings. The SMILES string of the molecule is CCCCN(C)C(=O)N(CC)C(C)CC(=O)O. The molecule has 0 aliphatic carbocycles. The van der Waals surface area contributed by atoms with Gasteiger partial charge in [-0.05, 0) is 20.3 Å². The number of nitrogens with zero attached hydrogens (tertiary/aromatic N) is 2. The third-order valence-corrected chi connectivity index (χ3v) is 2.76. The van der Waals surface area contributed by atoms with Crippen LogP contribution in [0.15, 0.2) is 0 Å². The van der Waals surface area contributed by atoms with E-state index in [2.05, 4.69) is 6.92 Å². The van der Waals surface area contributed by atoms with Crippen LogP contribution in [0.5, 0.6) is 0 Å². The smallest absolute Gasteiger partial charge is 0.319 e. The zero-order chi connectivity index (χ0) is 13.4. The Morgan fingerprint density at radius 2 is 1.88 bits per heavy atom. The van der Waals surface area contributed by atoms with Crippen LogP contribution in [0.3, 0.4) is 0 Å². The average molecular weight is 244 g/mol. The summed E-state index contributed by atoms with van der Waals surface area (Å²) in [4.78, 5) is 26.0. The number of urea groups is 1. The highest BCUT2D eigenvalue weighted by Gasteiger charge is 2.22. The van der Waals surface area contributed by atoms with Crippen molar-refractivity contribution in [2.45, 2.75) is 46.1 Å². The quantitative estimate of drug-likeness (QED) is 0.745. The lowest BCUT2D eigenvalue weighted by atomic mass is 10.2. The molecule has 17 heavy (non-hydrogen) atoms. The highest BCUT2D eigenvalue weighted by atomic mass is 16.4. The maximum absolute atomic E-state index is 12.1. The first-order valence-electron chi connectivity index (χ1n) is 6.17. The number of rotatable bonds is 7. The van der Waals surface area contributed by atoms with Crippen molar-refractivity contribution in [3.63, 3.8) is 0 Å². The summed E-state index contributed by atoms with van der Waals surface area (Å²) in [5.41, 5.74) is 0. The number of hydrogen-bond acceptors (Lipinski definition) is 2. The maximum Gasteiger partial charge on any atom is 0.319 e. The van der Waals surface area contributed by atoms with Crippen LogP contribution in [-0.2, 0) is 4.79 Å². The normalized spacial score (nSPS) is 12.0. The molecule has 0 aliphatic rings. The van der Waals surface area contributed by atoms with Gasteiger partial charge in [0.05, 0.1) is 6.42 Å². The van der Waals surface area contributed by atoms with Crippen molar-refractivity contribution < 1.29 is 14.7 Å². The van der Waals surface area contributed by atoms with Crippen molar-refractivity contribution in [2.24, 2.45) is 0 Å². The van der Waals surface area contributed by atoms with Gasteiger partial charge in [-0.15, -0.1) is 0 Å². The van der Waals surface area contributed by atoms with Crippen molar-refractivity contribution in [1.29, 1.82) is 0 Å². The molecule has 0 aromatic carbocycles. The van der Waals surface area contributed by atoms with E-state index in [1.807, 2.05) is 6.92 Å². The Morgan fingerprint density at radius 3 is 2.29 bits per heavy atom. The predicted molar refractivity (Wildman–Crippen MR) is 67.0 cm³/mol. The van der Waals surface area contributed by atoms with E-state index in [9.17, 15) is 9.59 Å². The van der Waals surface area contributed by atoms with Gasteiger partial charge in [0.1, 0.15) is 0 Å². The van der Waals surface area contributed by atoms with Gasteiger partial charge in [-0.25, -0.2) is 4.79 Å². The lowest BCUT2D eigenvalue weighted by Crippen LogP contribution is -2.46. The third-order valence-electron chi connectivity index (χ3n) is 2.76. The number of carboxylic acid groups (broad SMARTS) is 1. The third kappa shape index (κ3) is 5.56. The second kappa shape index (κ2) is 7.92. The zero-order valence-corrected chi connectivity index (χ0v) is 11.3. The van der Waals surface area contributed by atoms with Gasteiger partial charge in [0.25, 0.3) is 0 Å². The number of carboxylic acids is 1. The average Bonchev–Trinajstić information content (AvgIpc) is 2.25. The van der Waals surface area contributed by atoms with Gasteiger partial charge in [-0.1, -0.05) is 13.3 Å². The fourth-order valence-corrected chi connectivity index (χ4v) is 1.71. The number of unbranched alkanes of at least 4 members (excludes halogenated alkanes) is 1. The molecule has 0 saturated heterocycles. The van der Waals surface area contributed by atoms with E-state index in [-0.39, 0.29) is 18.5 Å². The molecule has 1 atom stereocenters. The fraction of sp³-hybridized carbons (Fsp3) is 0.833. The summed E-state index contributed by atoms with van der Waals surface area (Å²) in [5, 5.41) is 8.74. The van der Waals surface area contributed by atoms with Crippen LogP contribution >= 0.6 is 0 Å². The summed E-state index contributed by atoms with van der Waals surface area (Å²) in [6.45, 7) is 6.95. The van der Waals surface area contributed by atoms with Crippen molar-refractivity contribution >= 4 is 12.0 Å².